The van der Waals surface area contributed by atoms with Gasteiger partial charge < -0.3 is 15.5 Å². The Balaban J connectivity index is 2.26. The smallest absolute Gasteiger partial charge is 0.346 e. The minimum Gasteiger partial charge on any atom is -0.507 e. The maximum atomic E-state index is 12.1. The number of phenolic OH excluding ortho intramolecular Hbond substituents is 1. The number of hydrogen-bond donors (Lipinski definition) is 3. The summed E-state index contributed by atoms with van der Waals surface area (Å²) in [4.78, 5) is 23.2. The van der Waals surface area contributed by atoms with E-state index in [2.05, 4.69) is 5.32 Å². The van der Waals surface area contributed by atoms with Crippen molar-refractivity contribution in [1.29, 1.82) is 0 Å². The molecule has 6 heteroatoms. The van der Waals surface area contributed by atoms with Crippen LogP contribution < -0.4 is 5.32 Å². The summed E-state index contributed by atoms with van der Waals surface area (Å²) in [6.07, 6.45) is 0. The van der Waals surface area contributed by atoms with Crippen molar-refractivity contribution >= 4 is 28.2 Å². The SMILES string of the molecule is Cc1cc(NC(=O)c2cccc(C)c2O)sc1C(=O)O. The molecule has 0 unspecified atom stereocenters. The number of aromatic hydroxyl groups is 1. The Morgan fingerprint density at radius 3 is 2.50 bits per heavy atom. The first kappa shape index (κ1) is 14.1. The predicted octanol–water partition coefficient (Wildman–Crippen LogP) is 3.02. The van der Waals surface area contributed by atoms with Crippen LogP contribution in [0.1, 0.15) is 31.2 Å². The van der Waals surface area contributed by atoms with Gasteiger partial charge in [-0.1, -0.05) is 12.1 Å². The molecule has 0 saturated heterocycles. The maximum absolute atomic E-state index is 12.1. The molecule has 3 N–H and O–H groups in total. The lowest BCUT2D eigenvalue weighted by Crippen LogP contribution is -2.11. The molecule has 0 saturated carbocycles. The molecule has 0 aliphatic heterocycles. The third-order valence-corrected chi connectivity index (χ3v) is 3.97. The van der Waals surface area contributed by atoms with Gasteiger partial charge in [-0.25, -0.2) is 4.79 Å². The van der Waals surface area contributed by atoms with E-state index in [1.807, 2.05) is 0 Å². The average Bonchev–Trinajstić information content (AvgIpc) is 2.73. The maximum Gasteiger partial charge on any atom is 0.346 e. The number of nitrogens with one attached hydrogen (secondary N) is 1. The van der Waals surface area contributed by atoms with E-state index in [4.69, 9.17) is 5.11 Å². The van der Waals surface area contributed by atoms with Crippen molar-refractivity contribution < 1.29 is 19.8 Å². The van der Waals surface area contributed by atoms with Crippen molar-refractivity contribution in [3.05, 3.63) is 45.8 Å². The summed E-state index contributed by atoms with van der Waals surface area (Å²) in [7, 11) is 0. The molecule has 0 fully saturated rings. The van der Waals surface area contributed by atoms with Crippen LogP contribution in [-0.2, 0) is 0 Å². The van der Waals surface area contributed by atoms with Crippen LogP contribution in [0.5, 0.6) is 5.75 Å². The highest BCUT2D eigenvalue weighted by Gasteiger charge is 2.16. The number of benzene rings is 1. The van der Waals surface area contributed by atoms with Gasteiger partial charge in [0.15, 0.2) is 0 Å². The number of carboxylic acids is 1. The minimum absolute atomic E-state index is 0.0725. The summed E-state index contributed by atoms with van der Waals surface area (Å²) >= 11 is 0.988. The van der Waals surface area contributed by atoms with Gasteiger partial charge in [0.05, 0.1) is 10.6 Å². The zero-order valence-electron chi connectivity index (χ0n) is 10.9. The lowest BCUT2D eigenvalue weighted by molar-refractivity contribution is 0.0701. The van der Waals surface area contributed by atoms with Crippen molar-refractivity contribution in [2.75, 3.05) is 5.32 Å². The fourth-order valence-corrected chi connectivity index (χ4v) is 2.68. The second-order valence-electron chi connectivity index (χ2n) is 4.35. The average molecular weight is 291 g/mol. The molecule has 1 amide bonds. The number of carboxylic acid groups (broad SMARTS) is 1. The van der Waals surface area contributed by atoms with Crippen molar-refractivity contribution in [3.8, 4) is 5.75 Å². The Labute approximate surface area is 119 Å². The first-order valence-corrected chi connectivity index (χ1v) is 6.65. The van der Waals surface area contributed by atoms with Gasteiger partial charge >= 0.3 is 5.97 Å². The Hall–Kier alpha value is -2.34. The van der Waals surface area contributed by atoms with Gasteiger partial charge in [0.1, 0.15) is 10.6 Å². The van der Waals surface area contributed by atoms with E-state index in [0.29, 0.717) is 16.1 Å². The minimum atomic E-state index is -1.02. The van der Waals surface area contributed by atoms with Crippen LogP contribution in [-0.4, -0.2) is 22.1 Å². The van der Waals surface area contributed by atoms with Gasteiger partial charge in [-0.15, -0.1) is 11.3 Å². The van der Waals surface area contributed by atoms with Crippen molar-refractivity contribution in [3.63, 3.8) is 0 Å². The highest BCUT2D eigenvalue weighted by molar-refractivity contribution is 7.18. The molecule has 1 aromatic carbocycles. The molecule has 0 spiro atoms. The van der Waals surface area contributed by atoms with Crippen LogP contribution in [0.3, 0.4) is 0 Å². The molecule has 20 heavy (non-hydrogen) atoms. The summed E-state index contributed by atoms with van der Waals surface area (Å²) in [6.45, 7) is 3.36. The molecule has 0 aliphatic carbocycles. The van der Waals surface area contributed by atoms with Crippen molar-refractivity contribution in [2.24, 2.45) is 0 Å². The van der Waals surface area contributed by atoms with E-state index < -0.39 is 11.9 Å². The molecule has 0 bridgehead atoms. The summed E-state index contributed by atoms with van der Waals surface area (Å²) in [5.41, 5.74) is 1.35. The van der Waals surface area contributed by atoms with Crippen molar-refractivity contribution in [1.82, 2.24) is 0 Å². The van der Waals surface area contributed by atoms with Gasteiger partial charge in [0.25, 0.3) is 5.91 Å². The second-order valence-corrected chi connectivity index (χ2v) is 5.41. The number of phenols is 1. The molecule has 5 nitrogen and oxygen atoms in total. The number of aryl methyl sites for hydroxylation is 2. The van der Waals surface area contributed by atoms with E-state index in [-0.39, 0.29) is 16.2 Å². The van der Waals surface area contributed by atoms with Gasteiger partial charge in [0, 0.05) is 0 Å². The van der Waals surface area contributed by atoms with E-state index in [9.17, 15) is 14.7 Å². The van der Waals surface area contributed by atoms with Crippen LogP contribution in [0.4, 0.5) is 5.00 Å². The van der Waals surface area contributed by atoms with E-state index >= 15 is 0 Å². The zero-order chi connectivity index (χ0) is 14.9. The molecule has 104 valence electrons. The van der Waals surface area contributed by atoms with E-state index in [1.54, 1.807) is 32.0 Å². The fourth-order valence-electron chi connectivity index (χ4n) is 1.78. The number of amides is 1. The monoisotopic (exact) mass is 291 g/mol. The number of hydrogen-bond acceptors (Lipinski definition) is 4. The molecule has 0 aliphatic rings. The summed E-state index contributed by atoms with van der Waals surface area (Å²) in [5.74, 6) is -1.56. The largest absolute Gasteiger partial charge is 0.507 e. The van der Waals surface area contributed by atoms with Gasteiger partial charge in [0.2, 0.25) is 0 Å². The topological polar surface area (TPSA) is 86.6 Å². The lowest BCUT2D eigenvalue weighted by atomic mass is 10.1. The quantitative estimate of drug-likeness (QED) is 0.811. The van der Waals surface area contributed by atoms with Crippen LogP contribution in [0, 0.1) is 13.8 Å². The number of thiophene rings is 1. The zero-order valence-corrected chi connectivity index (χ0v) is 11.7. The molecule has 1 heterocycles. The molecular weight excluding hydrogens is 278 g/mol. The molecule has 0 atom stereocenters. The van der Waals surface area contributed by atoms with Gasteiger partial charge in [-0.05, 0) is 37.1 Å². The summed E-state index contributed by atoms with van der Waals surface area (Å²) in [5, 5.41) is 21.8. The fraction of sp³-hybridized carbons (Fsp3) is 0.143. The number of rotatable bonds is 3. The van der Waals surface area contributed by atoms with E-state index in [1.165, 1.54) is 6.07 Å². The lowest BCUT2D eigenvalue weighted by Gasteiger charge is -2.06. The Morgan fingerprint density at radius 1 is 1.20 bits per heavy atom. The normalized spacial score (nSPS) is 10.3. The third-order valence-electron chi connectivity index (χ3n) is 2.83. The number of carbonyl (C=O) groups excluding carboxylic acids is 1. The van der Waals surface area contributed by atoms with Crippen molar-refractivity contribution in [2.45, 2.75) is 13.8 Å². The molecule has 2 aromatic rings. The number of carbonyl (C=O) groups is 2. The van der Waals surface area contributed by atoms with Crippen LogP contribution in [0.2, 0.25) is 0 Å². The van der Waals surface area contributed by atoms with Gasteiger partial charge in [-0.3, -0.25) is 4.79 Å². The second kappa shape index (κ2) is 5.34. The molecular formula is C14H13NO4S. The summed E-state index contributed by atoms with van der Waals surface area (Å²) < 4.78 is 0. The molecule has 0 radical (unpaired) electrons. The number of para-hydroxylation sites is 1. The van der Waals surface area contributed by atoms with Crippen LogP contribution in [0.15, 0.2) is 24.3 Å². The number of aromatic carboxylic acids is 1. The van der Waals surface area contributed by atoms with Crippen LogP contribution >= 0.6 is 11.3 Å². The van der Waals surface area contributed by atoms with Crippen LogP contribution in [0.25, 0.3) is 0 Å². The van der Waals surface area contributed by atoms with E-state index in [0.717, 1.165) is 11.3 Å². The first-order valence-electron chi connectivity index (χ1n) is 5.84. The third kappa shape index (κ3) is 2.65. The highest BCUT2D eigenvalue weighted by Crippen LogP contribution is 2.28. The first-order chi connectivity index (χ1) is 9.40. The standard InChI is InChI=1S/C14H13NO4S/c1-7-4-3-5-9(11(7)16)13(17)15-10-6-8(2)12(20-10)14(18)19/h3-6,16H,1-2H3,(H,15,17)(H,18,19). The number of anilines is 1. The Morgan fingerprint density at radius 2 is 1.90 bits per heavy atom. The van der Waals surface area contributed by atoms with Gasteiger partial charge in [-0.2, -0.15) is 0 Å². The molecule has 2 rings (SSSR count). The Kier molecular flexibility index (Phi) is 3.76. The predicted molar refractivity (Wildman–Crippen MR) is 76.8 cm³/mol. The molecule has 1 aromatic heterocycles. The highest BCUT2D eigenvalue weighted by atomic mass is 32.1. The Bertz CT molecular complexity index is 690. The summed E-state index contributed by atoms with van der Waals surface area (Å²) in [6, 6.07) is 6.48.